The number of hydrogen-bond donors (Lipinski definition) is 0. The van der Waals surface area contributed by atoms with Crippen molar-refractivity contribution in [2.24, 2.45) is 0 Å². The van der Waals surface area contributed by atoms with E-state index in [9.17, 15) is 0 Å². The molecule has 0 atom stereocenters. The molecule has 1 heteroatoms. The van der Waals surface area contributed by atoms with Crippen LogP contribution in [0.4, 0.5) is 0 Å². The van der Waals surface area contributed by atoms with Crippen LogP contribution in [0.5, 0.6) is 0 Å². The van der Waals surface area contributed by atoms with Crippen LogP contribution in [0.15, 0.2) is 52.6 Å². The Morgan fingerprint density at radius 1 is 0.611 bits per heavy atom. The van der Waals surface area contributed by atoms with E-state index in [1.807, 2.05) is 0 Å². The molecule has 4 rings (SSSR count). The van der Waals surface area contributed by atoms with Crippen molar-refractivity contribution in [3.8, 4) is 0 Å². The van der Waals surface area contributed by atoms with Crippen LogP contribution < -0.4 is 0 Å². The van der Waals surface area contributed by atoms with Crippen LogP contribution in [-0.2, 0) is 0 Å². The first-order valence-electron chi connectivity index (χ1n) is 6.00. The second kappa shape index (κ2) is 4.02. The van der Waals surface area contributed by atoms with Crippen molar-refractivity contribution in [2.45, 2.75) is 0 Å². The molecule has 0 saturated heterocycles. The smallest absolute Gasteiger partial charge is 0.00420 e. The average Bonchev–Trinajstić information content (AvgIpc) is 2.48. The highest BCUT2D eigenvalue weighted by Crippen LogP contribution is 2.35. The highest BCUT2D eigenvalue weighted by molar-refractivity contribution is 14.2. The van der Waals surface area contributed by atoms with Gasteiger partial charge in [-0.1, -0.05) is 69.3 Å². The zero-order chi connectivity index (χ0) is 11.9. The zero-order valence-corrected chi connectivity index (χ0v) is 11.9. The number of rotatable bonds is 0. The Morgan fingerprint density at radius 2 is 1.17 bits per heavy atom. The molecule has 0 N–H and O–H groups in total. The summed E-state index contributed by atoms with van der Waals surface area (Å²) in [5, 5.41) is 5.52. The summed E-state index contributed by atoms with van der Waals surface area (Å²) in [6, 6.07) is 17.5. The van der Waals surface area contributed by atoms with Crippen molar-refractivity contribution in [3.05, 3.63) is 63.7 Å². The van der Waals surface area contributed by atoms with Crippen LogP contribution in [0.25, 0.3) is 27.6 Å². The maximum Gasteiger partial charge on any atom is -0.00420 e. The van der Waals surface area contributed by atoms with Crippen LogP contribution in [0.1, 0.15) is 11.1 Å². The average molecular weight is 342 g/mol. The van der Waals surface area contributed by atoms with E-state index in [1.54, 1.807) is 0 Å². The molecule has 0 saturated carbocycles. The van der Waals surface area contributed by atoms with Crippen molar-refractivity contribution in [1.82, 2.24) is 0 Å². The van der Waals surface area contributed by atoms with Gasteiger partial charge < -0.3 is 0 Å². The first-order chi connectivity index (χ1) is 8.95. The summed E-state index contributed by atoms with van der Waals surface area (Å²) in [5.41, 5.74) is 2.84. The quantitative estimate of drug-likeness (QED) is 0.394. The fraction of sp³-hybridized carbons (Fsp3) is 0. The summed E-state index contributed by atoms with van der Waals surface area (Å²) in [6.07, 6.45) is 2.32. The topological polar surface area (TPSA) is 0 Å². The summed E-state index contributed by atoms with van der Waals surface area (Å²) in [4.78, 5) is 0. The second-order valence-corrected chi connectivity index (χ2v) is 6.51. The predicted octanol–water partition coefficient (Wildman–Crippen LogP) is 5.10. The standard InChI is InChI=1S/C17H11I/c1-2-7-14-12(5-1)13-6-3-4-8-15(13)17-11-18-10-9-16(14)17/h1-11H. The van der Waals surface area contributed by atoms with Gasteiger partial charge in [-0.3, -0.25) is 0 Å². The lowest BCUT2D eigenvalue weighted by Crippen LogP contribution is -1.93. The molecule has 0 amide bonds. The maximum absolute atomic E-state index is 2.45. The second-order valence-electron chi connectivity index (χ2n) is 4.45. The molecule has 0 fully saturated rings. The Hall–Kier alpha value is -1.48. The van der Waals surface area contributed by atoms with Crippen LogP contribution in [0, 0.1) is 0 Å². The minimum Gasteiger partial charge on any atom is -0.0930 e. The molecule has 1 heterocycles. The van der Waals surface area contributed by atoms with Gasteiger partial charge in [0, 0.05) is 0 Å². The Bertz CT molecular complexity index is 755. The van der Waals surface area contributed by atoms with E-state index in [0.29, 0.717) is 0 Å². The predicted molar refractivity (Wildman–Crippen MR) is 89.7 cm³/mol. The van der Waals surface area contributed by atoms with E-state index >= 15 is 0 Å². The van der Waals surface area contributed by atoms with Gasteiger partial charge in [0.2, 0.25) is 0 Å². The molecule has 0 bridgehead atoms. The molecule has 1 aliphatic rings. The van der Waals surface area contributed by atoms with Gasteiger partial charge in [0.05, 0.1) is 0 Å². The molecular weight excluding hydrogens is 331 g/mol. The van der Waals surface area contributed by atoms with Crippen molar-refractivity contribution >= 4 is 52.4 Å². The summed E-state index contributed by atoms with van der Waals surface area (Å²) in [6.45, 7) is 0. The Labute approximate surface area is 116 Å². The molecule has 3 aromatic carbocycles. The third-order valence-corrected chi connectivity index (χ3v) is 5.25. The molecule has 0 aromatic heterocycles. The summed E-state index contributed by atoms with van der Waals surface area (Å²) in [5.74, 6) is 0. The van der Waals surface area contributed by atoms with Gasteiger partial charge in [0.25, 0.3) is 0 Å². The minimum absolute atomic E-state index is 0.0888. The first kappa shape index (κ1) is 10.4. The Balaban J connectivity index is 2.37. The van der Waals surface area contributed by atoms with E-state index in [4.69, 9.17) is 0 Å². The fourth-order valence-corrected chi connectivity index (χ4v) is 4.50. The summed E-state index contributed by atoms with van der Waals surface area (Å²) >= 11 is 0.0888. The largest absolute Gasteiger partial charge is 0.0930 e. The lowest BCUT2D eigenvalue weighted by Gasteiger charge is -2.14. The molecule has 0 spiro atoms. The van der Waals surface area contributed by atoms with Crippen molar-refractivity contribution in [2.75, 3.05) is 0 Å². The molecule has 0 nitrogen and oxygen atoms in total. The van der Waals surface area contributed by atoms with Crippen LogP contribution in [0.2, 0.25) is 0 Å². The maximum atomic E-state index is 2.45. The van der Waals surface area contributed by atoms with Gasteiger partial charge in [0.1, 0.15) is 0 Å². The lowest BCUT2D eigenvalue weighted by molar-refractivity contribution is 1.72. The Morgan fingerprint density at radius 3 is 1.83 bits per heavy atom. The van der Waals surface area contributed by atoms with E-state index in [0.717, 1.165) is 0 Å². The molecule has 0 unspecified atom stereocenters. The molecule has 86 valence electrons. The number of benzene rings is 3. The van der Waals surface area contributed by atoms with E-state index in [2.05, 4.69) is 62.7 Å². The third-order valence-electron chi connectivity index (χ3n) is 3.49. The Kier molecular flexibility index (Phi) is 2.33. The molecule has 0 radical (unpaired) electrons. The SMILES string of the molecule is C1=Cc2c(c3ccccc3c3ccccc23)C=I1. The zero-order valence-electron chi connectivity index (χ0n) is 9.73. The normalized spacial score (nSPS) is 13.6. The van der Waals surface area contributed by atoms with Gasteiger partial charge in [-0.15, -0.1) is 0 Å². The molecule has 1 aliphatic heterocycles. The first-order valence-corrected chi connectivity index (χ1v) is 8.49. The number of fused-ring (bicyclic) bond motifs is 6. The molecule has 0 aliphatic carbocycles. The van der Waals surface area contributed by atoms with Gasteiger partial charge in [-0.05, 0) is 46.8 Å². The van der Waals surface area contributed by atoms with Gasteiger partial charge >= 0.3 is 0 Å². The number of hydrogen-bond acceptors (Lipinski definition) is 0. The molecule has 18 heavy (non-hydrogen) atoms. The minimum atomic E-state index is 0.0888. The third kappa shape index (κ3) is 1.40. The molecular formula is C17H11I. The van der Waals surface area contributed by atoms with Gasteiger partial charge in [0.15, 0.2) is 0 Å². The lowest BCUT2D eigenvalue weighted by atomic mass is 9.92. The van der Waals surface area contributed by atoms with Gasteiger partial charge in [-0.2, -0.15) is 0 Å². The van der Waals surface area contributed by atoms with Crippen LogP contribution in [0.3, 0.4) is 0 Å². The van der Waals surface area contributed by atoms with E-state index in [-0.39, 0.29) is 20.7 Å². The summed E-state index contributed by atoms with van der Waals surface area (Å²) in [7, 11) is 0. The summed E-state index contributed by atoms with van der Waals surface area (Å²) < 4.78 is 4.80. The van der Waals surface area contributed by atoms with Crippen LogP contribution in [-0.4, -0.2) is 4.01 Å². The number of halogens is 1. The van der Waals surface area contributed by atoms with Crippen molar-refractivity contribution in [1.29, 1.82) is 0 Å². The molecule has 3 aromatic rings. The van der Waals surface area contributed by atoms with Crippen molar-refractivity contribution < 1.29 is 0 Å². The van der Waals surface area contributed by atoms with Crippen molar-refractivity contribution in [3.63, 3.8) is 0 Å². The highest BCUT2D eigenvalue weighted by atomic mass is 127. The van der Waals surface area contributed by atoms with Gasteiger partial charge in [-0.25, -0.2) is 0 Å². The van der Waals surface area contributed by atoms with E-state index < -0.39 is 0 Å². The highest BCUT2D eigenvalue weighted by Gasteiger charge is 2.11. The monoisotopic (exact) mass is 342 g/mol. The fourth-order valence-electron chi connectivity index (χ4n) is 2.69. The van der Waals surface area contributed by atoms with Crippen LogP contribution >= 0.6 is 20.7 Å². The van der Waals surface area contributed by atoms with E-state index in [1.165, 1.54) is 32.7 Å².